The third-order valence-corrected chi connectivity index (χ3v) is 5.49. The molecule has 4 rings (SSSR count). The van der Waals surface area contributed by atoms with Crippen molar-refractivity contribution in [2.45, 2.75) is 12.8 Å². The molecule has 4 heterocycles. The molecular formula is C16H16N4O2S. The van der Waals surface area contributed by atoms with Gasteiger partial charge in [0.1, 0.15) is 6.33 Å². The van der Waals surface area contributed by atoms with Crippen LogP contribution in [0.1, 0.15) is 22.5 Å². The van der Waals surface area contributed by atoms with Crippen molar-refractivity contribution in [1.29, 1.82) is 0 Å². The summed E-state index contributed by atoms with van der Waals surface area (Å²) in [5, 5.41) is 1.91. The van der Waals surface area contributed by atoms with Crippen molar-refractivity contribution in [1.82, 2.24) is 14.9 Å². The summed E-state index contributed by atoms with van der Waals surface area (Å²) in [6.07, 6.45) is 6.12. The minimum absolute atomic E-state index is 0.0748. The van der Waals surface area contributed by atoms with E-state index in [2.05, 4.69) is 9.97 Å². The zero-order valence-corrected chi connectivity index (χ0v) is 13.3. The minimum Gasteiger partial charge on any atom is -0.337 e. The Morgan fingerprint density at radius 3 is 2.83 bits per heavy atom. The van der Waals surface area contributed by atoms with Crippen LogP contribution >= 0.6 is 11.3 Å². The molecule has 23 heavy (non-hydrogen) atoms. The lowest BCUT2D eigenvalue weighted by atomic mass is 9.86. The van der Waals surface area contributed by atoms with Gasteiger partial charge in [0.25, 0.3) is 5.91 Å². The second-order valence-electron chi connectivity index (χ2n) is 6.21. The normalized spacial score (nSPS) is 23.9. The van der Waals surface area contributed by atoms with Gasteiger partial charge in [0.2, 0.25) is 5.91 Å². The molecule has 0 saturated carbocycles. The largest absolute Gasteiger partial charge is 0.337 e. The first-order valence-electron chi connectivity index (χ1n) is 7.55. The number of carbonyl (C=O) groups is 2. The molecule has 7 heteroatoms. The zero-order chi connectivity index (χ0) is 15.9. The molecule has 0 aliphatic carbocycles. The molecule has 118 valence electrons. The minimum atomic E-state index is -0.139. The maximum atomic E-state index is 12.5. The van der Waals surface area contributed by atoms with E-state index in [0.717, 1.165) is 17.0 Å². The van der Waals surface area contributed by atoms with Crippen LogP contribution in [0.25, 0.3) is 0 Å². The molecule has 2 aromatic rings. The Morgan fingerprint density at radius 2 is 2.09 bits per heavy atom. The van der Waals surface area contributed by atoms with Gasteiger partial charge in [0, 0.05) is 31.5 Å². The first-order valence-corrected chi connectivity index (χ1v) is 8.43. The number of nitrogens with zero attached hydrogens (tertiary/aromatic N) is 4. The summed E-state index contributed by atoms with van der Waals surface area (Å²) in [6.45, 7) is 1.98. The van der Waals surface area contributed by atoms with Crippen molar-refractivity contribution in [3.63, 3.8) is 0 Å². The summed E-state index contributed by atoms with van der Waals surface area (Å²) >= 11 is 1.46. The lowest BCUT2D eigenvalue weighted by molar-refractivity contribution is -0.117. The van der Waals surface area contributed by atoms with E-state index in [1.807, 2.05) is 22.4 Å². The highest BCUT2D eigenvalue weighted by Crippen LogP contribution is 2.42. The molecule has 1 atom stereocenters. The van der Waals surface area contributed by atoms with E-state index in [-0.39, 0.29) is 17.2 Å². The molecule has 2 saturated heterocycles. The van der Waals surface area contributed by atoms with Crippen LogP contribution in [0.2, 0.25) is 0 Å². The maximum absolute atomic E-state index is 12.5. The molecule has 1 spiro atoms. The quantitative estimate of drug-likeness (QED) is 0.843. The number of hydrogen-bond donors (Lipinski definition) is 0. The number of carbonyl (C=O) groups excluding carboxylic acids is 2. The van der Waals surface area contributed by atoms with Crippen LogP contribution in [0, 0.1) is 5.41 Å². The van der Waals surface area contributed by atoms with Crippen LogP contribution in [-0.2, 0) is 4.79 Å². The highest BCUT2D eigenvalue weighted by Gasteiger charge is 2.49. The molecule has 0 radical (unpaired) electrons. The van der Waals surface area contributed by atoms with Crippen LogP contribution in [0.5, 0.6) is 0 Å². The monoisotopic (exact) mass is 328 g/mol. The molecule has 2 aromatic heterocycles. The van der Waals surface area contributed by atoms with Gasteiger partial charge in [-0.1, -0.05) is 6.07 Å². The van der Waals surface area contributed by atoms with Crippen molar-refractivity contribution < 1.29 is 9.59 Å². The highest BCUT2D eigenvalue weighted by molar-refractivity contribution is 7.12. The first kappa shape index (κ1) is 14.3. The molecular weight excluding hydrogens is 312 g/mol. The number of anilines is 1. The van der Waals surface area contributed by atoms with Gasteiger partial charge in [-0.15, -0.1) is 11.3 Å². The summed E-state index contributed by atoms with van der Waals surface area (Å²) in [5.74, 6) is 0.163. The maximum Gasteiger partial charge on any atom is 0.263 e. The summed E-state index contributed by atoms with van der Waals surface area (Å²) in [4.78, 5) is 37.3. The smallest absolute Gasteiger partial charge is 0.263 e. The third-order valence-electron chi connectivity index (χ3n) is 4.64. The fourth-order valence-electron chi connectivity index (χ4n) is 3.50. The van der Waals surface area contributed by atoms with Crippen molar-refractivity contribution in [2.75, 3.05) is 24.5 Å². The Kier molecular flexibility index (Phi) is 3.37. The topological polar surface area (TPSA) is 66.4 Å². The third kappa shape index (κ3) is 2.50. The van der Waals surface area contributed by atoms with E-state index in [1.165, 1.54) is 17.7 Å². The SMILES string of the molecule is O=C(c1cccs1)N1CC[C@@]2(CC(=O)N(c3cncnc3)C2)C1. The zero-order valence-electron chi connectivity index (χ0n) is 12.5. The molecule has 0 unspecified atom stereocenters. The number of likely N-dealkylation sites (tertiary alicyclic amines) is 1. The van der Waals surface area contributed by atoms with Gasteiger partial charge in [-0.25, -0.2) is 9.97 Å². The second kappa shape index (κ2) is 5.42. The fourth-order valence-corrected chi connectivity index (χ4v) is 4.19. The van der Waals surface area contributed by atoms with E-state index in [9.17, 15) is 9.59 Å². The van der Waals surface area contributed by atoms with Crippen molar-refractivity contribution in [3.8, 4) is 0 Å². The van der Waals surface area contributed by atoms with Crippen LogP contribution in [0.4, 0.5) is 5.69 Å². The Hall–Kier alpha value is -2.28. The summed E-state index contributed by atoms with van der Waals surface area (Å²) in [6, 6.07) is 3.74. The lowest BCUT2D eigenvalue weighted by Gasteiger charge is -2.23. The van der Waals surface area contributed by atoms with Gasteiger partial charge < -0.3 is 9.80 Å². The van der Waals surface area contributed by atoms with Gasteiger partial charge in [-0.2, -0.15) is 0 Å². The number of aromatic nitrogens is 2. The number of amides is 2. The lowest BCUT2D eigenvalue weighted by Crippen LogP contribution is -2.34. The Balaban J connectivity index is 1.51. The Morgan fingerprint density at radius 1 is 1.26 bits per heavy atom. The molecule has 2 amide bonds. The summed E-state index contributed by atoms with van der Waals surface area (Å²) in [5.41, 5.74) is 0.595. The predicted molar refractivity (Wildman–Crippen MR) is 86.3 cm³/mol. The Labute approximate surface area is 137 Å². The Bertz CT molecular complexity index is 734. The fraction of sp³-hybridized carbons (Fsp3) is 0.375. The van der Waals surface area contributed by atoms with Gasteiger partial charge in [-0.05, 0) is 17.9 Å². The van der Waals surface area contributed by atoms with Crippen LogP contribution in [0.3, 0.4) is 0 Å². The molecule has 0 bridgehead atoms. The van der Waals surface area contributed by atoms with Gasteiger partial charge in [-0.3, -0.25) is 9.59 Å². The molecule has 2 aliphatic heterocycles. The number of hydrogen-bond acceptors (Lipinski definition) is 5. The summed E-state index contributed by atoms with van der Waals surface area (Å²) < 4.78 is 0. The van der Waals surface area contributed by atoms with Crippen molar-refractivity contribution >= 4 is 28.8 Å². The first-order chi connectivity index (χ1) is 11.2. The van der Waals surface area contributed by atoms with Gasteiger partial charge >= 0.3 is 0 Å². The highest BCUT2D eigenvalue weighted by atomic mass is 32.1. The summed E-state index contributed by atoms with van der Waals surface area (Å²) in [7, 11) is 0. The molecule has 2 fully saturated rings. The predicted octanol–water partition coefficient (Wildman–Crippen LogP) is 1.81. The van der Waals surface area contributed by atoms with E-state index in [1.54, 1.807) is 17.3 Å². The van der Waals surface area contributed by atoms with E-state index in [4.69, 9.17) is 0 Å². The van der Waals surface area contributed by atoms with E-state index >= 15 is 0 Å². The van der Waals surface area contributed by atoms with Crippen LogP contribution < -0.4 is 4.90 Å². The van der Waals surface area contributed by atoms with Gasteiger partial charge in [0.15, 0.2) is 0 Å². The van der Waals surface area contributed by atoms with E-state index < -0.39 is 0 Å². The molecule has 6 nitrogen and oxygen atoms in total. The molecule has 0 N–H and O–H groups in total. The second-order valence-corrected chi connectivity index (χ2v) is 7.16. The number of thiophene rings is 1. The molecule has 0 aromatic carbocycles. The van der Waals surface area contributed by atoms with Gasteiger partial charge in [0.05, 0.1) is 23.0 Å². The van der Waals surface area contributed by atoms with Crippen LogP contribution in [-0.4, -0.2) is 46.3 Å². The van der Waals surface area contributed by atoms with E-state index in [0.29, 0.717) is 26.1 Å². The average Bonchev–Trinajstić information content (AvgIpc) is 3.29. The van der Waals surface area contributed by atoms with Crippen LogP contribution in [0.15, 0.2) is 36.2 Å². The average molecular weight is 328 g/mol. The molecule has 2 aliphatic rings. The standard InChI is InChI=1S/C16H16N4O2S/c21-14-6-16(10-20(14)12-7-17-11-18-8-12)3-4-19(9-16)15(22)13-2-1-5-23-13/h1-2,5,7-8,11H,3-4,6,9-10H2/t16-/m1/s1. The number of rotatable bonds is 2. The van der Waals surface area contributed by atoms with Crippen molar-refractivity contribution in [3.05, 3.63) is 41.1 Å². The van der Waals surface area contributed by atoms with Crippen molar-refractivity contribution in [2.24, 2.45) is 5.41 Å².